The monoisotopic (exact) mass is 596 g/mol. The average molecular weight is 598 g/mol. The number of hydrogen-bond acceptors (Lipinski definition) is 5. The Morgan fingerprint density at radius 3 is 2.37 bits per heavy atom. The summed E-state index contributed by atoms with van der Waals surface area (Å²) in [6, 6.07) is 27.2. The highest BCUT2D eigenvalue weighted by molar-refractivity contribution is 9.10. The first-order chi connectivity index (χ1) is 18.6. The van der Waals surface area contributed by atoms with Crippen molar-refractivity contribution in [1.82, 2.24) is 4.98 Å². The lowest BCUT2D eigenvalue weighted by molar-refractivity contribution is 0.650. The molecule has 0 unspecified atom stereocenters. The number of hydrogen-bond donors (Lipinski definition) is 0. The maximum atomic E-state index is 5.98. The third-order valence-corrected chi connectivity index (χ3v) is 8.66. The van der Waals surface area contributed by atoms with E-state index in [2.05, 4.69) is 74.3 Å². The largest absolute Gasteiger partial charge is 0.349 e. The Morgan fingerprint density at radius 1 is 0.816 bits per heavy atom. The standard InChI is InChI=1S/C31H22BrClN4S/c32-24-5-11-29-23(14-24)18-37-19-36(29)17-22-13-21(3-10-28(22)37)16-34-26-8-9-27-30(15-26)38-31(35-27)12-4-20-1-6-25(33)7-2-20/h1-16H,17-19H2/b12-4+,34-16+. The van der Waals surface area contributed by atoms with Gasteiger partial charge >= 0.3 is 0 Å². The van der Waals surface area contributed by atoms with E-state index in [1.54, 1.807) is 11.3 Å². The zero-order valence-electron chi connectivity index (χ0n) is 20.3. The minimum atomic E-state index is 0.739. The summed E-state index contributed by atoms with van der Waals surface area (Å²) in [6.45, 7) is 2.76. The molecular formula is C31H22BrClN4S. The highest BCUT2D eigenvalue weighted by Gasteiger charge is 2.29. The lowest BCUT2D eigenvalue weighted by Crippen LogP contribution is -2.46. The van der Waals surface area contributed by atoms with Crippen molar-refractivity contribution in [1.29, 1.82) is 0 Å². The lowest BCUT2D eigenvalue weighted by Gasteiger charge is -2.44. The van der Waals surface area contributed by atoms with Gasteiger partial charge < -0.3 is 9.80 Å². The molecule has 4 nitrogen and oxygen atoms in total. The van der Waals surface area contributed by atoms with Gasteiger partial charge in [0.05, 0.1) is 22.6 Å². The van der Waals surface area contributed by atoms with Crippen molar-refractivity contribution in [2.45, 2.75) is 13.1 Å². The predicted octanol–water partition coefficient (Wildman–Crippen LogP) is 8.93. The van der Waals surface area contributed by atoms with Crippen LogP contribution in [0.25, 0.3) is 22.4 Å². The number of aromatic nitrogens is 1. The second-order valence-electron chi connectivity index (χ2n) is 9.55. The Labute approximate surface area is 238 Å². The molecule has 0 saturated heterocycles. The van der Waals surface area contributed by atoms with Crippen LogP contribution < -0.4 is 9.80 Å². The normalized spacial score (nSPS) is 14.5. The number of rotatable bonds is 4. The molecule has 2 bridgehead atoms. The van der Waals surface area contributed by atoms with Crippen molar-refractivity contribution >= 4 is 84.5 Å². The fraction of sp³-hybridized carbons (Fsp3) is 0.0968. The zero-order valence-corrected chi connectivity index (χ0v) is 23.5. The number of aliphatic imine (C=N–C) groups is 1. The Bertz CT molecular complexity index is 1740. The molecule has 5 aromatic rings. The second kappa shape index (κ2) is 9.70. The van der Waals surface area contributed by atoms with E-state index in [0.29, 0.717) is 0 Å². The lowest BCUT2D eigenvalue weighted by atomic mass is 10.0. The first-order valence-corrected chi connectivity index (χ1v) is 14.4. The molecule has 3 heterocycles. The van der Waals surface area contributed by atoms with Gasteiger partial charge in [0.1, 0.15) is 5.01 Å². The van der Waals surface area contributed by atoms with Crippen LogP contribution in [0.1, 0.15) is 27.3 Å². The van der Waals surface area contributed by atoms with Crippen molar-refractivity contribution in [3.63, 3.8) is 0 Å². The van der Waals surface area contributed by atoms with Crippen molar-refractivity contribution in [3.05, 3.63) is 116 Å². The molecule has 0 radical (unpaired) electrons. The fourth-order valence-electron chi connectivity index (χ4n) is 5.12. The summed E-state index contributed by atoms with van der Waals surface area (Å²) >= 11 is 11.3. The van der Waals surface area contributed by atoms with Crippen LogP contribution >= 0.6 is 38.9 Å². The number of thiazole rings is 1. The third-order valence-electron chi connectivity index (χ3n) is 6.93. The Kier molecular flexibility index (Phi) is 6.03. The van der Waals surface area contributed by atoms with Gasteiger partial charge in [0.15, 0.2) is 0 Å². The van der Waals surface area contributed by atoms with Crippen LogP contribution in [0.2, 0.25) is 5.02 Å². The van der Waals surface area contributed by atoms with E-state index in [9.17, 15) is 0 Å². The van der Waals surface area contributed by atoms with Crippen LogP contribution in [0.5, 0.6) is 0 Å². The van der Waals surface area contributed by atoms with Gasteiger partial charge in [-0.1, -0.05) is 51.8 Å². The molecule has 4 aromatic carbocycles. The van der Waals surface area contributed by atoms with Gasteiger partial charge in [-0.25, -0.2) is 4.98 Å². The minimum absolute atomic E-state index is 0.739. The number of halogens is 2. The number of benzene rings is 4. The van der Waals surface area contributed by atoms with E-state index < -0.39 is 0 Å². The summed E-state index contributed by atoms with van der Waals surface area (Å²) in [6.07, 6.45) is 6.06. The highest BCUT2D eigenvalue weighted by Crippen LogP contribution is 2.39. The molecule has 1 aromatic heterocycles. The van der Waals surface area contributed by atoms with Crippen molar-refractivity contribution in [2.24, 2.45) is 4.99 Å². The maximum absolute atomic E-state index is 5.98. The van der Waals surface area contributed by atoms with Gasteiger partial charge in [0.2, 0.25) is 0 Å². The SMILES string of the molecule is Clc1ccc(/C=C/c2nc3ccc(/N=C/c4ccc5c(c4)CN4CN5Cc5cc(Br)ccc54)cc3s2)cc1. The average Bonchev–Trinajstić information content (AvgIpc) is 3.33. The maximum Gasteiger partial charge on any atom is 0.117 e. The van der Waals surface area contributed by atoms with Crippen LogP contribution in [-0.4, -0.2) is 17.9 Å². The summed E-state index contributed by atoms with van der Waals surface area (Å²) in [5, 5.41) is 1.71. The van der Waals surface area contributed by atoms with E-state index in [-0.39, 0.29) is 0 Å². The number of nitrogens with zero attached hydrogens (tertiary/aromatic N) is 4. The van der Waals surface area contributed by atoms with Crippen LogP contribution in [0, 0.1) is 0 Å². The molecule has 0 atom stereocenters. The Morgan fingerprint density at radius 2 is 1.55 bits per heavy atom. The summed E-state index contributed by atoms with van der Waals surface area (Å²) in [5.74, 6) is 0. The van der Waals surface area contributed by atoms with Gasteiger partial charge in [-0.2, -0.15) is 0 Å². The van der Waals surface area contributed by atoms with Gasteiger partial charge in [0, 0.05) is 40.2 Å². The van der Waals surface area contributed by atoms with Gasteiger partial charge in [0.25, 0.3) is 0 Å². The molecule has 2 aliphatic rings. The molecule has 0 saturated carbocycles. The Balaban J connectivity index is 1.10. The minimum Gasteiger partial charge on any atom is -0.349 e. The van der Waals surface area contributed by atoms with Gasteiger partial charge in [-0.15, -0.1) is 11.3 Å². The molecule has 186 valence electrons. The van der Waals surface area contributed by atoms with E-state index in [0.717, 1.165) is 61.3 Å². The second-order valence-corrected chi connectivity index (χ2v) is 12.0. The first-order valence-electron chi connectivity index (χ1n) is 12.4. The molecule has 7 heteroatoms. The van der Waals surface area contributed by atoms with Crippen molar-refractivity contribution in [2.75, 3.05) is 16.5 Å². The highest BCUT2D eigenvalue weighted by atomic mass is 79.9. The number of fused-ring (bicyclic) bond motifs is 7. The van der Waals surface area contributed by atoms with Gasteiger partial charge in [-0.3, -0.25) is 4.99 Å². The molecule has 0 amide bonds. The molecule has 0 fully saturated rings. The van der Waals surface area contributed by atoms with Crippen LogP contribution in [-0.2, 0) is 13.1 Å². The van der Waals surface area contributed by atoms with Crippen LogP contribution in [0.15, 0.2) is 88.3 Å². The first kappa shape index (κ1) is 23.7. The third kappa shape index (κ3) is 4.64. The van der Waals surface area contributed by atoms with E-state index in [1.165, 1.54) is 22.5 Å². The zero-order chi connectivity index (χ0) is 25.6. The van der Waals surface area contributed by atoms with Gasteiger partial charge in [-0.05, 0) is 89.0 Å². The summed E-state index contributed by atoms with van der Waals surface area (Å²) in [7, 11) is 0. The molecular weight excluding hydrogens is 576 g/mol. The van der Waals surface area contributed by atoms with Crippen molar-refractivity contribution < 1.29 is 0 Å². The smallest absolute Gasteiger partial charge is 0.117 e. The molecule has 2 aliphatic heterocycles. The fourth-order valence-corrected chi connectivity index (χ4v) is 6.56. The Hall–Kier alpha value is -3.45. The number of anilines is 2. The van der Waals surface area contributed by atoms with Crippen LogP contribution in [0.3, 0.4) is 0 Å². The quantitative estimate of drug-likeness (QED) is 0.194. The summed E-state index contributed by atoms with van der Waals surface area (Å²) < 4.78 is 2.26. The topological polar surface area (TPSA) is 31.7 Å². The molecule has 38 heavy (non-hydrogen) atoms. The molecule has 0 aliphatic carbocycles. The van der Waals surface area contributed by atoms with E-state index >= 15 is 0 Å². The summed E-state index contributed by atoms with van der Waals surface area (Å²) in [4.78, 5) is 14.4. The summed E-state index contributed by atoms with van der Waals surface area (Å²) in [5.41, 5.74) is 9.46. The van der Waals surface area contributed by atoms with Crippen LogP contribution in [0.4, 0.5) is 17.1 Å². The predicted molar refractivity (Wildman–Crippen MR) is 165 cm³/mol. The molecule has 0 N–H and O–H groups in total. The van der Waals surface area contributed by atoms with Crippen molar-refractivity contribution in [3.8, 4) is 0 Å². The van der Waals surface area contributed by atoms with E-state index in [4.69, 9.17) is 21.6 Å². The molecule has 0 spiro atoms. The van der Waals surface area contributed by atoms with E-state index in [1.807, 2.05) is 48.7 Å². The molecule has 7 rings (SSSR count).